The van der Waals surface area contributed by atoms with Gasteiger partial charge in [0.25, 0.3) is 0 Å². The predicted molar refractivity (Wildman–Crippen MR) is 85.9 cm³/mol. The van der Waals surface area contributed by atoms with Crippen molar-refractivity contribution in [1.29, 1.82) is 0 Å². The topological polar surface area (TPSA) is 64.3 Å². The molecule has 0 bridgehead atoms. The maximum atomic E-state index is 11.9. The van der Waals surface area contributed by atoms with Crippen molar-refractivity contribution in [2.75, 3.05) is 20.3 Å². The van der Waals surface area contributed by atoms with Crippen molar-refractivity contribution in [2.45, 2.75) is 39.2 Å². The van der Waals surface area contributed by atoms with E-state index in [0.717, 1.165) is 12.0 Å². The molecule has 1 aromatic carbocycles. The van der Waals surface area contributed by atoms with E-state index in [-0.39, 0.29) is 17.4 Å². The van der Waals surface area contributed by atoms with Crippen molar-refractivity contribution in [3.05, 3.63) is 35.9 Å². The number of amides is 1. The van der Waals surface area contributed by atoms with E-state index in [1.165, 1.54) is 0 Å². The molecule has 4 heteroatoms. The van der Waals surface area contributed by atoms with Crippen LogP contribution in [-0.2, 0) is 9.53 Å². The Morgan fingerprint density at radius 3 is 2.62 bits per heavy atom. The van der Waals surface area contributed by atoms with Gasteiger partial charge in [0.15, 0.2) is 0 Å². The number of nitrogens with two attached hydrogens (primary N) is 1. The minimum absolute atomic E-state index is 0.0488. The van der Waals surface area contributed by atoms with Crippen LogP contribution in [0.2, 0.25) is 0 Å². The third-order valence-corrected chi connectivity index (χ3v) is 3.66. The molecule has 0 radical (unpaired) electrons. The van der Waals surface area contributed by atoms with E-state index in [1.54, 1.807) is 7.11 Å². The molecule has 1 aromatic rings. The zero-order chi connectivity index (χ0) is 15.7. The summed E-state index contributed by atoms with van der Waals surface area (Å²) in [6.45, 7) is 5.63. The Hall–Kier alpha value is -1.39. The van der Waals surface area contributed by atoms with Crippen LogP contribution >= 0.6 is 0 Å². The average Bonchev–Trinajstić information content (AvgIpc) is 2.49. The quantitative estimate of drug-likeness (QED) is 0.735. The molecule has 118 valence electrons. The zero-order valence-corrected chi connectivity index (χ0v) is 13.4. The summed E-state index contributed by atoms with van der Waals surface area (Å²) in [6.07, 6.45) is 2.04. The third-order valence-electron chi connectivity index (χ3n) is 3.66. The number of hydrogen-bond donors (Lipinski definition) is 2. The van der Waals surface area contributed by atoms with Crippen LogP contribution in [0.25, 0.3) is 0 Å². The summed E-state index contributed by atoms with van der Waals surface area (Å²) < 4.78 is 5.08. The van der Waals surface area contributed by atoms with Gasteiger partial charge in [-0.3, -0.25) is 4.79 Å². The standard InChI is InChI=1S/C17H28N2O2/c1-17(2,11-12-21-3)13-19-16(20)10-9-15(18)14-7-5-4-6-8-14/h4-8,15H,9-13,18H2,1-3H3,(H,19,20). The van der Waals surface area contributed by atoms with Crippen LogP contribution in [0.4, 0.5) is 0 Å². The minimum Gasteiger partial charge on any atom is -0.385 e. The molecule has 1 atom stereocenters. The van der Waals surface area contributed by atoms with Gasteiger partial charge in [0.05, 0.1) is 0 Å². The molecular formula is C17H28N2O2. The van der Waals surface area contributed by atoms with Crippen LogP contribution < -0.4 is 11.1 Å². The summed E-state index contributed by atoms with van der Waals surface area (Å²) in [5.74, 6) is 0.0619. The molecule has 0 aliphatic heterocycles. The maximum Gasteiger partial charge on any atom is 0.220 e. The second-order valence-corrected chi connectivity index (χ2v) is 6.24. The maximum absolute atomic E-state index is 11.9. The molecule has 0 saturated carbocycles. The van der Waals surface area contributed by atoms with Crippen molar-refractivity contribution >= 4 is 5.91 Å². The smallest absolute Gasteiger partial charge is 0.220 e. The lowest BCUT2D eigenvalue weighted by atomic mass is 9.89. The lowest BCUT2D eigenvalue weighted by Gasteiger charge is -2.24. The monoisotopic (exact) mass is 292 g/mol. The van der Waals surface area contributed by atoms with Gasteiger partial charge in [0.2, 0.25) is 5.91 Å². The fourth-order valence-corrected chi connectivity index (χ4v) is 2.05. The highest BCUT2D eigenvalue weighted by Crippen LogP contribution is 2.19. The number of benzene rings is 1. The van der Waals surface area contributed by atoms with Gasteiger partial charge in [-0.2, -0.15) is 0 Å². The number of nitrogens with one attached hydrogen (secondary N) is 1. The number of carbonyl (C=O) groups is 1. The van der Waals surface area contributed by atoms with Crippen molar-refractivity contribution in [3.8, 4) is 0 Å². The molecule has 0 saturated heterocycles. The molecule has 4 nitrogen and oxygen atoms in total. The number of methoxy groups -OCH3 is 1. The number of rotatable bonds is 9. The molecule has 0 aliphatic rings. The molecule has 3 N–H and O–H groups in total. The summed E-state index contributed by atoms with van der Waals surface area (Å²) in [5.41, 5.74) is 7.22. The van der Waals surface area contributed by atoms with Gasteiger partial charge in [0, 0.05) is 32.7 Å². The molecule has 21 heavy (non-hydrogen) atoms. The Morgan fingerprint density at radius 1 is 1.33 bits per heavy atom. The lowest BCUT2D eigenvalue weighted by molar-refractivity contribution is -0.121. The fraction of sp³-hybridized carbons (Fsp3) is 0.588. The fourth-order valence-electron chi connectivity index (χ4n) is 2.05. The van der Waals surface area contributed by atoms with Gasteiger partial charge in [-0.1, -0.05) is 44.2 Å². The molecule has 1 rings (SSSR count). The molecule has 0 fully saturated rings. The lowest BCUT2D eigenvalue weighted by Crippen LogP contribution is -2.34. The molecular weight excluding hydrogens is 264 g/mol. The van der Waals surface area contributed by atoms with Crippen LogP contribution in [0.5, 0.6) is 0 Å². The number of hydrogen-bond acceptors (Lipinski definition) is 3. The van der Waals surface area contributed by atoms with Crippen LogP contribution in [0, 0.1) is 5.41 Å². The van der Waals surface area contributed by atoms with E-state index < -0.39 is 0 Å². The Labute approximate surface area is 128 Å². The van der Waals surface area contributed by atoms with Crippen molar-refractivity contribution in [1.82, 2.24) is 5.32 Å². The van der Waals surface area contributed by atoms with Crippen LogP contribution in [0.1, 0.15) is 44.7 Å². The van der Waals surface area contributed by atoms with Gasteiger partial charge in [-0.15, -0.1) is 0 Å². The minimum atomic E-state index is -0.0848. The van der Waals surface area contributed by atoms with Crippen molar-refractivity contribution in [2.24, 2.45) is 11.1 Å². The van der Waals surface area contributed by atoms with Gasteiger partial charge >= 0.3 is 0 Å². The third kappa shape index (κ3) is 7.25. The van der Waals surface area contributed by atoms with E-state index >= 15 is 0 Å². The average molecular weight is 292 g/mol. The first-order valence-electron chi connectivity index (χ1n) is 7.51. The summed E-state index contributed by atoms with van der Waals surface area (Å²) in [5, 5.41) is 2.99. The Bertz CT molecular complexity index is 418. The SMILES string of the molecule is COCCC(C)(C)CNC(=O)CCC(N)c1ccccc1. The second-order valence-electron chi connectivity index (χ2n) is 6.24. The molecule has 0 spiro atoms. The van der Waals surface area contributed by atoms with Crippen molar-refractivity contribution in [3.63, 3.8) is 0 Å². The van der Waals surface area contributed by atoms with Gasteiger partial charge in [-0.05, 0) is 23.8 Å². The number of carbonyl (C=O) groups excluding carboxylic acids is 1. The summed E-state index contributed by atoms with van der Waals surface area (Å²) in [7, 11) is 1.69. The Balaban J connectivity index is 2.28. The highest BCUT2D eigenvalue weighted by atomic mass is 16.5. The highest BCUT2D eigenvalue weighted by molar-refractivity contribution is 5.75. The van der Waals surface area contributed by atoms with Gasteiger partial charge in [0.1, 0.15) is 0 Å². The van der Waals surface area contributed by atoms with Crippen LogP contribution in [-0.4, -0.2) is 26.2 Å². The van der Waals surface area contributed by atoms with Crippen LogP contribution in [0.3, 0.4) is 0 Å². The first kappa shape index (κ1) is 17.7. The molecule has 1 amide bonds. The van der Waals surface area contributed by atoms with E-state index in [0.29, 0.717) is 26.0 Å². The van der Waals surface area contributed by atoms with E-state index in [9.17, 15) is 4.79 Å². The summed E-state index contributed by atoms with van der Waals surface area (Å²) in [6, 6.07) is 9.80. The van der Waals surface area contributed by atoms with Gasteiger partial charge in [-0.25, -0.2) is 0 Å². The predicted octanol–water partition coefficient (Wildman–Crippen LogP) is 2.65. The van der Waals surface area contributed by atoms with Crippen molar-refractivity contribution < 1.29 is 9.53 Å². The Kier molecular flexibility index (Phi) is 7.40. The Morgan fingerprint density at radius 2 is 2.00 bits per heavy atom. The molecule has 1 unspecified atom stereocenters. The molecule has 0 heterocycles. The highest BCUT2D eigenvalue weighted by Gasteiger charge is 2.18. The first-order chi connectivity index (χ1) is 9.94. The van der Waals surface area contributed by atoms with E-state index in [4.69, 9.17) is 10.5 Å². The molecule has 0 aliphatic carbocycles. The van der Waals surface area contributed by atoms with Crippen LogP contribution in [0.15, 0.2) is 30.3 Å². The zero-order valence-electron chi connectivity index (χ0n) is 13.4. The van der Waals surface area contributed by atoms with E-state index in [2.05, 4.69) is 19.2 Å². The van der Waals surface area contributed by atoms with Gasteiger partial charge < -0.3 is 15.8 Å². The first-order valence-corrected chi connectivity index (χ1v) is 7.51. The summed E-state index contributed by atoms with van der Waals surface area (Å²) >= 11 is 0. The largest absolute Gasteiger partial charge is 0.385 e. The summed E-state index contributed by atoms with van der Waals surface area (Å²) in [4.78, 5) is 11.9. The van der Waals surface area contributed by atoms with E-state index in [1.807, 2.05) is 30.3 Å². The number of ether oxygens (including phenoxy) is 1. The molecule has 0 aromatic heterocycles. The second kappa shape index (κ2) is 8.80. The normalized spacial score (nSPS) is 13.0.